The number of amides is 3. The second-order valence-corrected chi connectivity index (χ2v) is 10.6. The molecule has 1 aromatic heterocycles. The number of ether oxygens (including phenoxy) is 1. The number of halogens is 1. The number of carbonyl (C=O) groups excluding carboxylic acids is 3. The van der Waals surface area contributed by atoms with Gasteiger partial charge in [-0.25, -0.2) is 14.2 Å². The molecule has 224 valence electrons. The lowest BCUT2D eigenvalue weighted by atomic mass is 10.0. The second-order valence-electron chi connectivity index (χ2n) is 9.89. The van der Waals surface area contributed by atoms with Crippen LogP contribution in [-0.4, -0.2) is 59.0 Å². The zero-order valence-electron chi connectivity index (χ0n) is 23.3. The van der Waals surface area contributed by atoms with Crippen molar-refractivity contribution in [3.8, 4) is 11.1 Å². The van der Waals surface area contributed by atoms with E-state index < -0.39 is 24.1 Å². The van der Waals surface area contributed by atoms with Crippen molar-refractivity contribution in [2.75, 3.05) is 29.9 Å². The molecule has 4 rings (SSSR count). The van der Waals surface area contributed by atoms with Crippen LogP contribution in [0, 0.1) is 5.82 Å². The fraction of sp³-hybridized carbons (Fsp3) is 0.393. The van der Waals surface area contributed by atoms with E-state index in [1.165, 1.54) is 29.4 Å². The number of cyclic esters (lactones) is 1. The van der Waals surface area contributed by atoms with Crippen LogP contribution in [0.1, 0.15) is 37.6 Å². The molecule has 0 aliphatic carbocycles. The van der Waals surface area contributed by atoms with Gasteiger partial charge in [0.1, 0.15) is 11.9 Å². The summed E-state index contributed by atoms with van der Waals surface area (Å²) in [5.41, 5.74) is 13.8. The van der Waals surface area contributed by atoms with Gasteiger partial charge in [0.25, 0.3) is 0 Å². The topological polar surface area (TPSA) is 178 Å². The van der Waals surface area contributed by atoms with Crippen LogP contribution in [0.2, 0.25) is 0 Å². The van der Waals surface area contributed by atoms with E-state index in [0.29, 0.717) is 47.3 Å². The van der Waals surface area contributed by atoms with Gasteiger partial charge in [0.15, 0.2) is 5.82 Å². The summed E-state index contributed by atoms with van der Waals surface area (Å²) < 4.78 is 24.6. The Morgan fingerprint density at radius 2 is 1.95 bits per heavy atom. The molecule has 14 heteroatoms. The standard InChI is InChI=1S/C28H35FN8O4S/c1-17(38)32-14-21-16-37(28(40)41-21)20-9-10-22(23(29)12-20)19-7-5-18(6-8-19)13-34-27-35-25(36-42-27)15-33-26(39)24(31)4-2-3-11-30/h5-10,12,21,24H,2-4,11,13-16,30-31H2,1H3,(H,32,38)(H,33,39)(H,34,35,36). The van der Waals surface area contributed by atoms with Crippen molar-refractivity contribution in [3.63, 3.8) is 0 Å². The SMILES string of the molecule is CC(=O)NCC1CN(c2ccc(-c3ccc(CNc4nc(CNC(=O)C(N)CCCCN)ns4)cc3)c(F)c2)C(=O)O1. The minimum Gasteiger partial charge on any atom is -0.442 e. The summed E-state index contributed by atoms with van der Waals surface area (Å²) in [4.78, 5) is 41.3. The first kappa shape index (κ1) is 30.8. The van der Waals surface area contributed by atoms with Crippen LogP contribution in [0.4, 0.5) is 20.0 Å². The molecule has 3 amide bonds. The summed E-state index contributed by atoms with van der Waals surface area (Å²) in [7, 11) is 0. The van der Waals surface area contributed by atoms with E-state index in [4.69, 9.17) is 16.2 Å². The molecule has 42 heavy (non-hydrogen) atoms. The first-order valence-electron chi connectivity index (χ1n) is 13.6. The normalized spacial score (nSPS) is 15.3. The van der Waals surface area contributed by atoms with Gasteiger partial charge in [-0.3, -0.25) is 14.5 Å². The number of nitrogens with one attached hydrogen (secondary N) is 3. The van der Waals surface area contributed by atoms with Gasteiger partial charge in [-0.05, 0) is 48.7 Å². The molecule has 2 aromatic carbocycles. The van der Waals surface area contributed by atoms with Gasteiger partial charge in [0.2, 0.25) is 16.9 Å². The molecule has 1 aliphatic heterocycles. The summed E-state index contributed by atoms with van der Waals surface area (Å²) in [6.07, 6.45) is 1.13. The van der Waals surface area contributed by atoms with Crippen molar-refractivity contribution >= 4 is 40.3 Å². The van der Waals surface area contributed by atoms with Gasteiger partial charge >= 0.3 is 6.09 Å². The average molecular weight is 599 g/mol. The second kappa shape index (κ2) is 14.7. The summed E-state index contributed by atoms with van der Waals surface area (Å²) in [6, 6.07) is 11.4. The van der Waals surface area contributed by atoms with E-state index >= 15 is 4.39 Å². The van der Waals surface area contributed by atoms with E-state index in [2.05, 4.69) is 25.3 Å². The highest BCUT2D eigenvalue weighted by Gasteiger charge is 2.32. The number of nitrogens with two attached hydrogens (primary N) is 2. The van der Waals surface area contributed by atoms with Crippen LogP contribution in [-0.2, 0) is 27.4 Å². The van der Waals surface area contributed by atoms with Gasteiger partial charge in [-0.1, -0.05) is 30.7 Å². The Hall–Kier alpha value is -4.14. The van der Waals surface area contributed by atoms with Crippen molar-refractivity contribution in [2.24, 2.45) is 11.5 Å². The lowest BCUT2D eigenvalue weighted by Gasteiger charge is -2.15. The van der Waals surface area contributed by atoms with Crippen molar-refractivity contribution in [1.82, 2.24) is 20.0 Å². The first-order chi connectivity index (χ1) is 20.2. The Balaban J connectivity index is 1.27. The number of anilines is 2. The highest BCUT2D eigenvalue weighted by atomic mass is 32.1. The first-order valence-corrected chi connectivity index (χ1v) is 14.4. The van der Waals surface area contributed by atoms with E-state index in [0.717, 1.165) is 18.4 Å². The fourth-order valence-electron chi connectivity index (χ4n) is 4.32. The quantitative estimate of drug-likeness (QED) is 0.174. The number of aromatic nitrogens is 2. The Bertz CT molecular complexity index is 1390. The molecule has 0 bridgehead atoms. The lowest BCUT2D eigenvalue weighted by molar-refractivity contribution is -0.122. The van der Waals surface area contributed by atoms with Crippen LogP contribution in [0.5, 0.6) is 0 Å². The number of nitrogens with zero attached hydrogens (tertiary/aromatic N) is 3. The average Bonchev–Trinajstić information content (AvgIpc) is 3.60. The maximum atomic E-state index is 15.1. The molecule has 1 fully saturated rings. The molecule has 3 aromatic rings. The van der Waals surface area contributed by atoms with Gasteiger partial charge in [-0.15, -0.1) is 0 Å². The highest BCUT2D eigenvalue weighted by molar-refractivity contribution is 7.09. The predicted octanol–water partition coefficient (Wildman–Crippen LogP) is 2.49. The fourth-order valence-corrected chi connectivity index (χ4v) is 4.90. The van der Waals surface area contributed by atoms with E-state index in [1.54, 1.807) is 12.1 Å². The minimum atomic E-state index is -0.583. The van der Waals surface area contributed by atoms with E-state index in [1.807, 2.05) is 24.3 Å². The zero-order chi connectivity index (χ0) is 30.1. The van der Waals surface area contributed by atoms with Gasteiger partial charge in [-0.2, -0.15) is 4.37 Å². The molecular weight excluding hydrogens is 563 g/mol. The molecule has 12 nitrogen and oxygen atoms in total. The molecule has 0 saturated carbocycles. The third kappa shape index (κ3) is 8.44. The molecule has 2 atom stereocenters. The summed E-state index contributed by atoms with van der Waals surface area (Å²) in [5.74, 6) is -0.441. The lowest BCUT2D eigenvalue weighted by Crippen LogP contribution is -2.40. The minimum absolute atomic E-state index is 0.192. The van der Waals surface area contributed by atoms with Crippen LogP contribution < -0.4 is 32.3 Å². The Labute approximate surface area is 247 Å². The molecular formula is C28H35FN8O4S. The number of benzene rings is 2. The smallest absolute Gasteiger partial charge is 0.414 e. The Morgan fingerprint density at radius 1 is 1.17 bits per heavy atom. The van der Waals surface area contributed by atoms with Gasteiger partial charge < -0.3 is 32.2 Å². The van der Waals surface area contributed by atoms with Crippen LogP contribution in [0.3, 0.4) is 0 Å². The zero-order valence-corrected chi connectivity index (χ0v) is 24.1. The van der Waals surface area contributed by atoms with Crippen LogP contribution >= 0.6 is 11.5 Å². The largest absolute Gasteiger partial charge is 0.442 e. The summed E-state index contributed by atoms with van der Waals surface area (Å²) in [6.45, 7) is 3.04. The Kier molecular flexibility index (Phi) is 10.8. The number of rotatable bonds is 14. The number of carbonyl (C=O) groups is 3. The number of hydrogen-bond donors (Lipinski definition) is 5. The maximum absolute atomic E-state index is 15.1. The third-order valence-corrected chi connectivity index (χ3v) is 7.33. The molecule has 1 saturated heterocycles. The monoisotopic (exact) mass is 598 g/mol. The van der Waals surface area contributed by atoms with E-state index in [-0.39, 0.29) is 31.4 Å². The molecule has 1 aliphatic rings. The van der Waals surface area contributed by atoms with Gasteiger partial charge in [0, 0.05) is 30.6 Å². The number of unbranched alkanes of at least 4 members (excludes halogenated alkanes) is 1. The van der Waals surface area contributed by atoms with Crippen LogP contribution in [0.25, 0.3) is 11.1 Å². The molecule has 0 spiro atoms. The van der Waals surface area contributed by atoms with Crippen LogP contribution in [0.15, 0.2) is 42.5 Å². The maximum Gasteiger partial charge on any atom is 0.414 e. The van der Waals surface area contributed by atoms with E-state index in [9.17, 15) is 14.4 Å². The van der Waals surface area contributed by atoms with Crippen molar-refractivity contribution in [3.05, 3.63) is 59.7 Å². The summed E-state index contributed by atoms with van der Waals surface area (Å²) in [5, 5.41) is 9.19. The Morgan fingerprint density at radius 3 is 2.67 bits per heavy atom. The van der Waals surface area contributed by atoms with Gasteiger partial charge in [0.05, 0.1) is 31.4 Å². The van der Waals surface area contributed by atoms with Crippen molar-refractivity contribution < 1.29 is 23.5 Å². The molecule has 7 N–H and O–H groups in total. The summed E-state index contributed by atoms with van der Waals surface area (Å²) >= 11 is 1.19. The van der Waals surface area contributed by atoms with Crippen molar-refractivity contribution in [2.45, 2.75) is 51.4 Å². The third-order valence-electron chi connectivity index (χ3n) is 6.62. The highest BCUT2D eigenvalue weighted by Crippen LogP contribution is 2.29. The molecule has 0 radical (unpaired) electrons. The molecule has 2 unspecified atom stereocenters. The van der Waals surface area contributed by atoms with Crippen molar-refractivity contribution in [1.29, 1.82) is 0 Å². The number of hydrogen-bond acceptors (Lipinski definition) is 10. The predicted molar refractivity (Wildman–Crippen MR) is 158 cm³/mol. The molecule has 2 heterocycles.